The number of carbonyl (C=O) groups excluding carboxylic acids is 1. The molecule has 0 amide bonds. The molecule has 0 saturated heterocycles. The van der Waals surface area contributed by atoms with E-state index in [4.69, 9.17) is 21.6 Å². The van der Waals surface area contributed by atoms with Crippen molar-refractivity contribution in [3.05, 3.63) is 52.5 Å². The molecule has 0 unspecified atom stereocenters. The zero-order valence-corrected chi connectivity index (χ0v) is 12.4. The van der Waals surface area contributed by atoms with E-state index in [1.807, 2.05) is 6.07 Å². The molecule has 2 aromatic carbocycles. The van der Waals surface area contributed by atoms with E-state index >= 15 is 0 Å². The molecule has 0 spiro atoms. The van der Waals surface area contributed by atoms with Crippen molar-refractivity contribution in [1.29, 1.82) is 5.26 Å². The molecule has 22 heavy (non-hydrogen) atoms. The first-order valence-electron chi connectivity index (χ1n) is 6.53. The van der Waals surface area contributed by atoms with Crippen molar-refractivity contribution >= 4 is 28.8 Å². The van der Waals surface area contributed by atoms with Gasteiger partial charge in [-0.1, -0.05) is 11.6 Å². The standard InChI is InChI=1S/C17H11ClN2O2/c1-22-16-5-3-11(7-14(16)18)17-13(9-21)12-6-10(8-19)2-4-15(12)20-17/h2-7,9,20H,1H3. The summed E-state index contributed by atoms with van der Waals surface area (Å²) >= 11 is 6.15. The van der Waals surface area contributed by atoms with E-state index < -0.39 is 0 Å². The Kier molecular flexibility index (Phi) is 3.58. The lowest BCUT2D eigenvalue weighted by Crippen LogP contribution is -1.88. The van der Waals surface area contributed by atoms with E-state index in [9.17, 15) is 4.79 Å². The minimum atomic E-state index is 0.466. The Morgan fingerprint density at radius 1 is 1.27 bits per heavy atom. The molecule has 0 aliphatic heterocycles. The number of aldehydes is 1. The number of ether oxygens (including phenoxy) is 1. The van der Waals surface area contributed by atoms with Crippen LogP contribution in [-0.4, -0.2) is 18.4 Å². The highest BCUT2D eigenvalue weighted by molar-refractivity contribution is 6.32. The van der Waals surface area contributed by atoms with Gasteiger partial charge in [-0.25, -0.2) is 0 Å². The smallest absolute Gasteiger partial charge is 0.152 e. The number of aromatic nitrogens is 1. The lowest BCUT2D eigenvalue weighted by Gasteiger charge is -2.05. The van der Waals surface area contributed by atoms with Crippen LogP contribution in [0.2, 0.25) is 5.02 Å². The number of H-pyrrole nitrogens is 1. The van der Waals surface area contributed by atoms with E-state index in [2.05, 4.69) is 11.1 Å². The molecule has 0 bridgehead atoms. The molecule has 108 valence electrons. The fourth-order valence-corrected chi connectivity index (χ4v) is 2.71. The molecule has 3 aromatic rings. The van der Waals surface area contributed by atoms with Crippen molar-refractivity contribution < 1.29 is 9.53 Å². The second-order valence-corrected chi connectivity index (χ2v) is 5.16. The lowest BCUT2D eigenvalue weighted by atomic mass is 10.0. The third-order valence-electron chi connectivity index (χ3n) is 3.53. The summed E-state index contributed by atoms with van der Waals surface area (Å²) in [5.74, 6) is 0.570. The van der Waals surface area contributed by atoms with Gasteiger partial charge in [0, 0.05) is 22.0 Å². The van der Waals surface area contributed by atoms with E-state index in [1.54, 1.807) is 37.4 Å². The molecule has 1 heterocycles. The summed E-state index contributed by atoms with van der Waals surface area (Å²) in [5, 5.41) is 10.2. The number of fused-ring (bicyclic) bond motifs is 1. The molecule has 0 aliphatic rings. The van der Waals surface area contributed by atoms with Crippen LogP contribution in [0.25, 0.3) is 22.2 Å². The quantitative estimate of drug-likeness (QED) is 0.738. The molecule has 0 saturated carbocycles. The number of methoxy groups -OCH3 is 1. The van der Waals surface area contributed by atoms with Crippen molar-refractivity contribution in [2.45, 2.75) is 0 Å². The molecule has 1 N–H and O–H groups in total. The molecule has 3 rings (SSSR count). The molecule has 4 nitrogen and oxygen atoms in total. The first-order valence-corrected chi connectivity index (χ1v) is 6.90. The molecule has 5 heteroatoms. The molecular formula is C17H11ClN2O2. The van der Waals surface area contributed by atoms with Gasteiger partial charge in [-0.15, -0.1) is 0 Å². The van der Waals surface area contributed by atoms with E-state index in [1.165, 1.54) is 0 Å². The fraction of sp³-hybridized carbons (Fsp3) is 0.0588. The SMILES string of the molecule is COc1ccc(-c2[nH]c3ccc(C#N)cc3c2C=O)cc1Cl. The monoisotopic (exact) mass is 310 g/mol. The van der Waals surface area contributed by atoms with Crippen LogP contribution in [0.1, 0.15) is 15.9 Å². The van der Waals surface area contributed by atoms with Gasteiger partial charge in [-0.3, -0.25) is 4.79 Å². The molecule has 0 fully saturated rings. The Morgan fingerprint density at radius 2 is 2.09 bits per heavy atom. The number of carbonyl (C=O) groups is 1. The van der Waals surface area contributed by atoms with Gasteiger partial charge >= 0.3 is 0 Å². The summed E-state index contributed by atoms with van der Waals surface area (Å²) in [7, 11) is 1.55. The predicted molar refractivity (Wildman–Crippen MR) is 85.4 cm³/mol. The Hall–Kier alpha value is -2.77. The molecule has 0 atom stereocenters. The average molecular weight is 311 g/mol. The lowest BCUT2D eigenvalue weighted by molar-refractivity contribution is 0.112. The normalized spacial score (nSPS) is 10.4. The highest BCUT2D eigenvalue weighted by atomic mass is 35.5. The molecular weight excluding hydrogens is 300 g/mol. The van der Waals surface area contributed by atoms with Crippen LogP contribution < -0.4 is 4.74 Å². The number of nitriles is 1. The summed E-state index contributed by atoms with van der Waals surface area (Å²) in [6, 6.07) is 12.6. The molecule has 0 aliphatic carbocycles. The van der Waals surface area contributed by atoms with Crippen molar-refractivity contribution in [3.63, 3.8) is 0 Å². The predicted octanol–water partition coefficient (Wildman–Crippen LogP) is 4.18. The van der Waals surface area contributed by atoms with Crippen LogP contribution >= 0.6 is 11.6 Å². The Bertz CT molecular complexity index is 922. The number of aromatic amines is 1. The van der Waals surface area contributed by atoms with Gasteiger partial charge in [0.1, 0.15) is 5.75 Å². The number of rotatable bonds is 3. The number of nitrogens with zero attached hydrogens (tertiary/aromatic N) is 1. The number of hydrogen-bond donors (Lipinski definition) is 1. The van der Waals surface area contributed by atoms with Gasteiger partial charge in [0.05, 0.1) is 29.5 Å². The summed E-state index contributed by atoms with van der Waals surface area (Å²) in [6.45, 7) is 0. The van der Waals surface area contributed by atoms with Gasteiger partial charge < -0.3 is 9.72 Å². The highest BCUT2D eigenvalue weighted by Gasteiger charge is 2.14. The topological polar surface area (TPSA) is 65.9 Å². The Labute approximate surface area is 131 Å². The first kappa shape index (κ1) is 14.2. The zero-order chi connectivity index (χ0) is 15.7. The van der Waals surface area contributed by atoms with E-state index in [0.29, 0.717) is 27.6 Å². The minimum Gasteiger partial charge on any atom is -0.495 e. The summed E-state index contributed by atoms with van der Waals surface area (Å²) in [4.78, 5) is 14.7. The van der Waals surface area contributed by atoms with Crippen LogP contribution in [0.5, 0.6) is 5.75 Å². The van der Waals surface area contributed by atoms with E-state index in [-0.39, 0.29) is 0 Å². The van der Waals surface area contributed by atoms with E-state index in [0.717, 1.165) is 22.8 Å². The van der Waals surface area contributed by atoms with Gasteiger partial charge in [-0.2, -0.15) is 5.26 Å². The third kappa shape index (κ3) is 2.22. The number of hydrogen-bond acceptors (Lipinski definition) is 3. The maximum absolute atomic E-state index is 11.5. The maximum Gasteiger partial charge on any atom is 0.152 e. The molecule has 1 aromatic heterocycles. The van der Waals surface area contributed by atoms with Gasteiger partial charge in [0.25, 0.3) is 0 Å². The average Bonchev–Trinajstić information content (AvgIpc) is 2.92. The van der Waals surface area contributed by atoms with Crippen molar-refractivity contribution in [1.82, 2.24) is 4.98 Å². The largest absolute Gasteiger partial charge is 0.495 e. The Morgan fingerprint density at radius 3 is 2.73 bits per heavy atom. The fourth-order valence-electron chi connectivity index (χ4n) is 2.45. The molecule has 0 radical (unpaired) electrons. The first-order chi connectivity index (χ1) is 10.7. The van der Waals surface area contributed by atoms with Crippen molar-refractivity contribution in [2.24, 2.45) is 0 Å². The van der Waals surface area contributed by atoms with Crippen molar-refractivity contribution in [3.8, 4) is 23.1 Å². The second kappa shape index (κ2) is 5.55. The highest BCUT2D eigenvalue weighted by Crippen LogP contribution is 2.34. The maximum atomic E-state index is 11.5. The van der Waals surface area contributed by atoms with Crippen LogP contribution in [-0.2, 0) is 0 Å². The van der Waals surface area contributed by atoms with Gasteiger partial charge in [-0.05, 0) is 36.4 Å². The number of nitrogens with one attached hydrogen (secondary N) is 1. The number of halogens is 1. The minimum absolute atomic E-state index is 0.466. The summed E-state index contributed by atoms with van der Waals surface area (Å²) in [6.07, 6.45) is 0.785. The second-order valence-electron chi connectivity index (χ2n) is 4.75. The van der Waals surface area contributed by atoms with Gasteiger partial charge in [0.15, 0.2) is 6.29 Å². The summed E-state index contributed by atoms with van der Waals surface area (Å²) < 4.78 is 5.13. The van der Waals surface area contributed by atoms with Crippen LogP contribution in [0.4, 0.5) is 0 Å². The van der Waals surface area contributed by atoms with Gasteiger partial charge in [0.2, 0.25) is 0 Å². The van der Waals surface area contributed by atoms with Crippen molar-refractivity contribution in [2.75, 3.05) is 7.11 Å². The zero-order valence-electron chi connectivity index (χ0n) is 11.7. The van der Waals surface area contributed by atoms with Crippen LogP contribution in [0, 0.1) is 11.3 Å². The van der Waals surface area contributed by atoms with Crippen LogP contribution in [0.15, 0.2) is 36.4 Å². The van der Waals surface area contributed by atoms with Crippen LogP contribution in [0.3, 0.4) is 0 Å². The third-order valence-corrected chi connectivity index (χ3v) is 3.82. The Balaban J connectivity index is 2.25. The summed E-state index contributed by atoms with van der Waals surface area (Å²) in [5.41, 5.74) is 3.26. The number of benzene rings is 2.